The van der Waals surface area contributed by atoms with Crippen LogP contribution in [0.5, 0.6) is 0 Å². The summed E-state index contributed by atoms with van der Waals surface area (Å²) in [6, 6.07) is 0. The summed E-state index contributed by atoms with van der Waals surface area (Å²) >= 11 is 0. The van der Waals surface area contributed by atoms with Gasteiger partial charge in [-0.2, -0.15) is 0 Å². The van der Waals surface area contributed by atoms with Gasteiger partial charge in [0.05, 0.1) is 12.2 Å². The van der Waals surface area contributed by atoms with Crippen molar-refractivity contribution >= 4 is 0 Å². The maximum absolute atomic E-state index is 10.5. The zero-order chi connectivity index (χ0) is 20.6. The van der Waals surface area contributed by atoms with Crippen LogP contribution >= 0.6 is 0 Å². The number of nitrogens with zero attached hydrogens (tertiary/aromatic N) is 1. The summed E-state index contributed by atoms with van der Waals surface area (Å²) in [5, 5.41) is 20.9. The first-order chi connectivity index (χ1) is 14.1. The van der Waals surface area contributed by atoms with Gasteiger partial charge in [-0.15, -0.1) is 11.8 Å². The molecule has 29 heavy (non-hydrogen) atoms. The van der Waals surface area contributed by atoms with E-state index in [1.807, 2.05) is 19.9 Å². The largest absolute Gasteiger partial charge is 0.392 e. The molecule has 3 nitrogen and oxygen atoms in total. The standard InChI is InChI=1S/C26H41NO2/c1-3-4-10-20(2)25(28)13-12-23-24-18-21(17-22(24)19-26(23)29)11-6-5-7-14-27-15-8-9-16-27/h12-13,17,20,22-26,28-29H,5-11,14-16,18-19H2,1-2H3/t20-,22+,23-,24+,25-,26-/m1/s1. The molecule has 1 saturated carbocycles. The van der Waals surface area contributed by atoms with E-state index in [2.05, 4.69) is 28.9 Å². The van der Waals surface area contributed by atoms with Crippen LogP contribution in [0.2, 0.25) is 0 Å². The summed E-state index contributed by atoms with van der Waals surface area (Å²) in [6.07, 6.45) is 16.4. The number of hydrogen-bond donors (Lipinski definition) is 2. The maximum Gasteiger partial charge on any atom is 0.0755 e. The Morgan fingerprint density at radius 2 is 2.03 bits per heavy atom. The minimum atomic E-state index is -0.480. The van der Waals surface area contributed by atoms with Crippen molar-refractivity contribution in [3.05, 3.63) is 23.8 Å². The lowest BCUT2D eigenvalue weighted by Crippen LogP contribution is -2.20. The molecular formula is C26H41NO2. The van der Waals surface area contributed by atoms with E-state index in [4.69, 9.17) is 0 Å². The predicted octanol–water partition coefficient (Wildman–Crippen LogP) is 4.55. The number of unbranched alkanes of at least 4 members (excludes halogenated alkanes) is 2. The summed E-state index contributed by atoms with van der Waals surface area (Å²) in [6.45, 7) is 7.78. The lowest BCUT2D eigenvalue weighted by atomic mass is 9.88. The number of fused-ring (bicyclic) bond motifs is 1. The Hall–Kier alpha value is -1.08. The van der Waals surface area contributed by atoms with Crippen molar-refractivity contribution in [2.24, 2.45) is 23.7 Å². The van der Waals surface area contributed by atoms with Crippen molar-refractivity contribution < 1.29 is 10.2 Å². The van der Waals surface area contributed by atoms with Crippen LogP contribution in [0, 0.1) is 35.5 Å². The highest BCUT2D eigenvalue weighted by atomic mass is 16.3. The molecule has 3 rings (SSSR count). The van der Waals surface area contributed by atoms with Gasteiger partial charge < -0.3 is 15.1 Å². The molecule has 6 atom stereocenters. The lowest BCUT2D eigenvalue weighted by Gasteiger charge is -2.20. The third-order valence-corrected chi connectivity index (χ3v) is 7.34. The molecule has 0 bridgehead atoms. The second-order valence-electron chi connectivity index (χ2n) is 9.58. The van der Waals surface area contributed by atoms with E-state index in [0.717, 1.165) is 12.8 Å². The Kier molecular flexibility index (Phi) is 8.85. The molecule has 3 aliphatic rings. The Labute approximate surface area is 178 Å². The number of rotatable bonds is 10. The quantitative estimate of drug-likeness (QED) is 0.322. The molecule has 0 amide bonds. The van der Waals surface area contributed by atoms with Gasteiger partial charge in [0.2, 0.25) is 0 Å². The molecule has 3 heteroatoms. The van der Waals surface area contributed by atoms with Crippen LogP contribution in [0.1, 0.15) is 71.6 Å². The van der Waals surface area contributed by atoms with E-state index in [9.17, 15) is 10.2 Å². The molecule has 0 unspecified atom stereocenters. The molecule has 2 N–H and O–H groups in total. The van der Waals surface area contributed by atoms with Crippen LogP contribution in [-0.4, -0.2) is 47.0 Å². The molecule has 1 saturated heterocycles. The van der Waals surface area contributed by atoms with Gasteiger partial charge in [0.15, 0.2) is 0 Å². The fourth-order valence-corrected chi connectivity index (χ4v) is 5.48. The highest BCUT2D eigenvalue weighted by Crippen LogP contribution is 2.48. The highest BCUT2D eigenvalue weighted by molar-refractivity contribution is 5.21. The van der Waals surface area contributed by atoms with Crippen LogP contribution < -0.4 is 0 Å². The van der Waals surface area contributed by atoms with Gasteiger partial charge in [0.25, 0.3) is 0 Å². The van der Waals surface area contributed by atoms with Gasteiger partial charge in [0, 0.05) is 12.3 Å². The van der Waals surface area contributed by atoms with Crippen LogP contribution in [0.4, 0.5) is 0 Å². The van der Waals surface area contributed by atoms with E-state index in [0.29, 0.717) is 18.3 Å². The smallest absolute Gasteiger partial charge is 0.0755 e. The van der Waals surface area contributed by atoms with E-state index in [-0.39, 0.29) is 17.9 Å². The average Bonchev–Trinajstić information content (AvgIpc) is 3.41. The van der Waals surface area contributed by atoms with Crippen molar-refractivity contribution in [2.75, 3.05) is 19.6 Å². The van der Waals surface area contributed by atoms with Crippen molar-refractivity contribution in [1.82, 2.24) is 4.90 Å². The Morgan fingerprint density at radius 3 is 2.79 bits per heavy atom. The van der Waals surface area contributed by atoms with Gasteiger partial charge in [-0.3, -0.25) is 0 Å². The molecule has 0 aromatic heterocycles. The molecule has 2 aliphatic carbocycles. The maximum atomic E-state index is 10.5. The van der Waals surface area contributed by atoms with E-state index < -0.39 is 6.10 Å². The number of hydrogen-bond acceptors (Lipinski definition) is 3. The summed E-state index contributed by atoms with van der Waals surface area (Å²) in [5.74, 6) is 7.31. The Morgan fingerprint density at radius 1 is 1.24 bits per heavy atom. The molecule has 1 aliphatic heterocycles. The first kappa shape index (κ1) is 22.6. The fourth-order valence-electron chi connectivity index (χ4n) is 5.48. The van der Waals surface area contributed by atoms with Gasteiger partial charge in [-0.05, 0) is 89.3 Å². The number of aliphatic hydroxyl groups is 2. The average molecular weight is 400 g/mol. The second kappa shape index (κ2) is 11.3. The topological polar surface area (TPSA) is 43.7 Å². The van der Waals surface area contributed by atoms with Crippen molar-refractivity contribution in [1.29, 1.82) is 0 Å². The number of likely N-dealkylation sites (tertiary alicyclic amines) is 1. The van der Waals surface area contributed by atoms with Gasteiger partial charge in [0.1, 0.15) is 0 Å². The Balaban J connectivity index is 1.40. The zero-order valence-electron chi connectivity index (χ0n) is 18.5. The summed E-state index contributed by atoms with van der Waals surface area (Å²) in [5.41, 5.74) is 1.61. The Bertz CT molecular complexity index is 622. The minimum absolute atomic E-state index is 0.130. The SMILES string of the molecule is CC#CC[C@@H](C)[C@H](O)C=C[C@@H]1[C@H]2CC(CCCCCN3CCCC3)=C[C@H]2C[C@H]1O. The summed E-state index contributed by atoms with van der Waals surface area (Å²) in [7, 11) is 0. The van der Waals surface area contributed by atoms with Gasteiger partial charge in [-0.25, -0.2) is 0 Å². The molecule has 2 fully saturated rings. The number of allylic oxidation sites excluding steroid dienone is 2. The van der Waals surface area contributed by atoms with Crippen molar-refractivity contribution in [3.63, 3.8) is 0 Å². The molecule has 162 valence electrons. The highest BCUT2D eigenvalue weighted by Gasteiger charge is 2.43. The lowest BCUT2D eigenvalue weighted by molar-refractivity contribution is 0.137. The molecule has 0 spiro atoms. The summed E-state index contributed by atoms with van der Waals surface area (Å²) in [4.78, 5) is 2.61. The van der Waals surface area contributed by atoms with Crippen molar-refractivity contribution in [3.8, 4) is 11.8 Å². The summed E-state index contributed by atoms with van der Waals surface area (Å²) < 4.78 is 0. The molecule has 0 radical (unpaired) electrons. The zero-order valence-corrected chi connectivity index (χ0v) is 18.5. The number of aliphatic hydroxyl groups excluding tert-OH is 2. The molecular weight excluding hydrogens is 358 g/mol. The third-order valence-electron chi connectivity index (χ3n) is 7.34. The van der Waals surface area contributed by atoms with E-state index in [1.165, 1.54) is 58.2 Å². The third kappa shape index (κ3) is 6.45. The van der Waals surface area contributed by atoms with E-state index >= 15 is 0 Å². The van der Waals surface area contributed by atoms with Crippen LogP contribution in [0.15, 0.2) is 23.8 Å². The normalized spacial score (nSPS) is 31.5. The van der Waals surface area contributed by atoms with Crippen molar-refractivity contribution in [2.45, 2.75) is 83.8 Å². The predicted molar refractivity (Wildman–Crippen MR) is 120 cm³/mol. The van der Waals surface area contributed by atoms with Crippen LogP contribution in [0.25, 0.3) is 0 Å². The molecule has 0 aromatic carbocycles. The molecule has 0 aromatic rings. The van der Waals surface area contributed by atoms with Crippen LogP contribution in [-0.2, 0) is 0 Å². The van der Waals surface area contributed by atoms with E-state index in [1.54, 1.807) is 5.57 Å². The minimum Gasteiger partial charge on any atom is -0.392 e. The first-order valence-electron chi connectivity index (χ1n) is 11.9. The monoisotopic (exact) mass is 399 g/mol. The molecule has 1 heterocycles. The van der Waals surface area contributed by atoms with Gasteiger partial charge >= 0.3 is 0 Å². The van der Waals surface area contributed by atoms with Crippen LogP contribution in [0.3, 0.4) is 0 Å². The second-order valence-corrected chi connectivity index (χ2v) is 9.58. The first-order valence-corrected chi connectivity index (χ1v) is 11.9. The fraction of sp³-hybridized carbons (Fsp3) is 0.769. The van der Waals surface area contributed by atoms with Gasteiger partial charge in [-0.1, -0.05) is 37.1 Å².